The molecular weight excluding hydrogens is 236 g/mol. The highest BCUT2D eigenvalue weighted by Gasteiger charge is 2.27. The largest absolute Gasteiger partial charge is 0.351 e. The summed E-state index contributed by atoms with van der Waals surface area (Å²) in [4.78, 5) is 14.7. The minimum absolute atomic E-state index is 0.265. The minimum atomic E-state index is 0.265. The number of Topliss-reactive ketones (excluding diaryl/α,β-unsaturated/α-hetero) is 1. The summed E-state index contributed by atoms with van der Waals surface area (Å²) in [5, 5.41) is 0. The second-order valence-corrected chi connectivity index (χ2v) is 6.71. The molecule has 3 heteroatoms. The molecule has 0 spiro atoms. The van der Waals surface area contributed by atoms with Gasteiger partial charge in [0.2, 0.25) is 0 Å². The van der Waals surface area contributed by atoms with Gasteiger partial charge in [-0.05, 0) is 51.3 Å². The van der Waals surface area contributed by atoms with Crippen molar-refractivity contribution in [1.29, 1.82) is 0 Å². The Morgan fingerprint density at radius 2 is 1.84 bits per heavy atom. The fourth-order valence-electron chi connectivity index (χ4n) is 2.74. The molecule has 0 radical (unpaired) electrons. The molecule has 19 heavy (non-hydrogen) atoms. The van der Waals surface area contributed by atoms with Crippen LogP contribution in [0, 0.1) is 19.3 Å². The van der Waals surface area contributed by atoms with Crippen molar-refractivity contribution in [1.82, 2.24) is 9.47 Å². The zero-order chi connectivity index (χ0) is 14.2. The van der Waals surface area contributed by atoms with E-state index in [-0.39, 0.29) is 5.78 Å². The van der Waals surface area contributed by atoms with Crippen LogP contribution in [0.3, 0.4) is 0 Å². The molecule has 1 saturated heterocycles. The van der Waals surface area contributed by atoms with Crippen LogP contribution in [0.15, 0.2) is 6.07 Å². The summed E-state index contributed by atoms with van der Waals surface area (Å²) in [7, 11) is 2.02. The minimum Gasteiger partial charge on any atom is -0.351 e. The predicted molar refractivity (Wildman–Crippen MR) is 78.7 cm³/mol. The van der Waals surface area contributed by atoms with Crippen molar-refractivity contribution in [3.8, 4) is 0 Å². The Balaban J connectivity index is 2.00. The molecule has 2 rings (SSSR count). The molecule has 0 aromatic carbocycles. The second kappa shape index (κ2) is 5.12. The average molecular weight is 262 g/mol. The lowest BCUT2D eigenvalue weighted by atomic mass is 9.82. The number of carbonyl (C=O) groups is 1. The molecular formula is C16H26N2O. The van der Waals surface area contributed by atoms with E-state index < -0.39 is 0 Å². The molecule has 0 amide bonds. The maximum atomic E-state index is 12.4. The number of piperidine rings is 1. The Labute approximate surface area is 116 Å². The van der Waals surface area contributed by atoms with Crippen molar-refractivity contribution in [3.05, 3.63) is 23.0 Å². The molecule has 1 fully saturated rings. The third kappa shape index (κ3) is 3.08. The molecule has 0 N–H and O–H groups in total. The van der Waals surface area contributed by atoms with Crippen LogP contribution in [-0.2, 0) is 7.05 Å². The molecule has 0 unspecified atom stereocenters. The van der Waals surface area contributed by atoms with Gasteiger partial charge in [-0.25, -0.2) is 0 Å². The standard InChI is InChI=1S/C16H26N2O/c1-12-10-14(13(2)17(12)5)15(19)11-18-8-6-16(3,4)7-9-18/h10H,6-9,11H2,1-5H3. The molecule has 0 aliphatic carbocycles. The number of rotatable bonds is 3. The van der Waals surface area contributed by atoms with Gasteiger partial charge >= 0.3 is 0 Å². The molecule has 0 saturated carbocycles. The molecule has 3 nitrogen and oxygen atoms in total. The number of aromatic nitrogens is 1. The van der Waals surface area contributed by atoms with Crippen LogP contribution >= 0.6 is 0 Å². The number of nitrogens with zero attached hydrogens (tertiary/aromatic N) is 2. The van der Waals surface area contributed by atoms with Gasteiger partial charge in [0, 0.05) is 24.0 Å². The first-order valence-electron chi connectivity index (χ1n) is 7.19. The molecule has 1 aromatic rings. The summed E-state index contributed by atoms with van der Waals surface area (Å²) in [5.41, 5.74) is 3.57. The summed E-state index contributed by atoms with van der Waals surface area (Å²) < 4.78 is 2.09. The fraction of sp³-hybridized carbons (Fsp3) is 0.688. The second-order valence-electron chi connectivity index (χ2n) is 6.71. The molecule has 1 aliphatic rings. The molecule has 0 bridgehead atoms. The van der Waals surface area contributed by atoms with Gasteiger partial charge in [0.05, 0.1) is 6.54 Å². The Hall–Kier alpha value is -1.09. The number of ketones is 1. The summed E-state index contributed by atoms with van der Waals surface area (Å²) in [6, 6.07) is 2.02. The lowest BCUT2D eigenvalue weighted by Gasteiger charge is -2.36. The summed E-state index contributed by atoms with van der Waals surface area (Å²) in [6.45, 7) is 11.4. The van der Waals surface area contributed by atoms with Crippen molar-refractivity contribution < 1.29 is 4.79 Å². The Morgan fingerprint density at radius 3 is 2.32 bits per heavy atom. The smallest absolute Gasteiger partial charge is 0.178 e. The predicted octanol–water partition coefficient (Wildman–Crippen LogP) is 2.95. The van der Waals surface area contributed by atoms with E-state index in [4.69, 9.17) is 0 Å². The summed E-state index contributed by atoms with van der Waals surface area (Å²) >= 11 is 0. The number of carbonyl (C=O) groups excluding carboxylic acids is 1. The molecule has 106 valence electrons. The van der Waals surface area contributed by atoms with Crippen LogP contribution in [0.4, 0.5) is 0 Å². The van der Waals surface area contributed by atoms with Gasteiger partial charge in [-0.15, -0.1) is 0 Å². The molecule has 0 atom stereocenters. The third-order valence-electron chi connectivity index (χ3n) is 4.65. The van der Waals surface area contributed by atoms with Gasteiger partial charge in [0.25, 0.3) is 0 Å². The lowest BCUT2D eigenvalue weighted by Crippen LogP contribution is -2.40. The van der Waals surface area contributed by atoms with Crippen molar-refractivity contribution in [2.24, 2.45) is 12.5 Å². The van der Waals surface area contributed by atoms with Crippen molar-refractivity contribution in [3.63, 3.8) is 0 Å². The van der Waals surface area contributed by atoms with E-state index >= 15 is 0 Å². The first-order chi connectivity index (χ1) is 8.80. The van der Waals surface area contributed by atoms with Crippen LogP contribution in [0.1, 0.15) is 48.4 Å². The Morgan fingerprint density at radius 1 is 1.26 bits per heavy atom. The van der Waals surface area contributed by atoms with Crippen LogP contribution in [0.2, 0.25) is 0 Å². The van der Waals surface area contributed by atoms with E-state index in [0.717, 1.165) is 30.0 Å². The topological polar surface area (TPSA) is 25.2 Å². The highest BCUT2D eigenvalue weighted by molar-refractivity contribution is 5.99. The molecule has 1 aromatic heterocycles. The normalized spacial score (nSPS) is 19.6. The summed E-state index contributed by atoms with van der Waals surface area (Å²) in [6.07, 6.45) is 2.38. The monoisotopic (exact) mass is 262 g/mol. The zero-order valence-corrected chi connectivity index (χ0v) is 12.9. The lowest BCUT2D eigenvalue weighted by molar-refractivity contribution is 0.0845. The van der Waals surface area contributed by atoms with Gasteiger partial charge in [-0.1, -0.05) is 13.8 Å². The van der Waals surface area contributed by atoms with E-state index in [2.05, 4.69) is 23.3 Å². The first kappa shape index (κ1) is 14.3. The fourth-order valence-corrected chi connectivity index (χ4v) is 2.74. The van der Waals surface area contributed by atoms with E-state index in [1.165, 1.54) is 12.8 Å². The molecule has 2 heterocycles. The van der Waals surface area contributed by atoms with E-state index in [0.29, 0.717) is 12.0 Å². The van der Waals surface area contributed by atoms with Crippen molar-refractivity contribution >= 4 is 5.78 Å². The Kier molecular flexibility index (Phi) is 3.86. The Bertz CT molecular complexity index is 475. The van der Waals surface area contributed by atoms with Crippen LogP contribution in [0.25, 0.3) is 0 Å². The average Bonchev–Trinajstić information content (AvgIpc) is 2.60. The van der Waals surface area contributed by atoms with Gasteiger partial charge in [-0.2, -0.15) is 0 Å². The van der Waals surface area contributed by atoms with Crippen molar-refractivity contribution in [2.75, 3.05) is 19.6 Å². The molecule has 1 aliphatic heterocycles. The first-order valence-corrected chi connectivity index (χ1v) is 7.19. The van der Waals surface area contributed by atoms with E-state index in [9.17, 15) is 4.79 Å². The van der Waals surface area contributed by atoms with Crippen LogP contribution in [-0.4, -0.2) is 34.9 Å². The van der Waals surface area contributed by atoms with Gasteiger partial charge in [-0.3, -0.25) is 9.69 Å². The van der Waals surface area contributed by atoms with Crippen LogP contribution in [0.5, 0.6) is 0 Å². The third-order valence-corrected chi connectivity index (χ3v) is 4.65. The van der Waals surface area contributed by atoms with E-state index in [1.807, 2.05) is 27.0 Å². The van der Waals surface area contributed by atoms with E-state index in [1.54, 1.807) is 0 Å². The van der Waals surface area contributed by atoms with Gasteiger partial charge in [0.1, 0.15) is 0 Å². The zero-order valence-electron chi connectivity index (χ0n) is 12.9. The van der Waals surface area contributed by atoms with Crippen LogP contribution < -0.4 is 0 Å². The quantitative estimate of drug-likeness (QED) is 0.783. The maximum Gasteiger partial charge on any atom is 0.178 e. The van der Waals surface area contributed by atoms with Crippen molar-refractivity contribution in [2.45, 2.75) is 40.5 Å². The SMILES string of the molecule is Cc1cc(C(=O)CN2CCC(C)(C)CC2)c(C)n1C. The highest BCUT2D eigenvalue weighted by atomic mass is 16.1. The summed E-state index contributed by atoms with van der Waals surface area (Å²) in [5.74, 6) is 0.265. The highest BCUT2D eigenvalue weighted by Crippen LogP contribution is 2.29. The number of aryl methyl sites for hydroxylation is 1. The number of hydrogen-bond donors (Lipinski definition) is 0. The van der Waals surface area contributed by atoms with Gasteiger partial charge in [0.15, 0.2) is 5.78 Å². The van der Waals surface area contributed by atoms with Gasteiger partial charge < -0.3 is 4.57 Å². The number of hydrogen-bond acceptors (Lipinski definition) is 2. The maximum absolute atomic E-state index is 12.4. The number of likely N-dealkylation sites (tertiary alicyclic amines) is 1.